The summed E-state index contributed by atoms with van der Waals surface area (Å²) in [5, 5.41) is 0. The molecule has 0 unspecified atom stereocenters. The standard InChI is InChI=1S/C23H20O2/c1-24-19-13-18-14-20(16-9-5-3-6-10-16)22(17-11-7-4-8-12-17)23(18)21(15-19)25-2/h3-13,15H,14H2,1-2H3. The molecule has 2 heteroatoms. The number of hydrogen-bond acceptors (Lipinski definition) is 2. The molecule has 0 aliphatic heterocycles. The Bertz CT molecular complexity index is 925. The molecule has 1 aliphatic rings. The second-order valence-corrected chi connectivity index (χ2v) is 6.13. The Labute approximate surface area is 148 Å². The maximum Gasteiger partial charge on any atom is 0.130 e. The molecule has 3 aromatic rings. The van der Waals surface area contributed by atoms with Gasteiger partial charge in [-0.15, -0.1) is 0 Å². The highest BCUT2D eigenvalue weighted by Crippen LogP contribution is 2.47. The van der Waals surface area contributed by atoms with Gasteiger partial charge in [-0.1, -0.05) is 60.7 Å². The summed E-state index contributed by atoms with van der Waals surface area (Å²) < 4.78 is 11.2. The third kappa shape index (κ3) is 2.70. The van der Waals surface area contributed by atoms with Gasteiger partial charge in [0.1, 0.15) is 11.5 Å². The maximum absolute atomic E-state index is 5.72. The number of methoxy groups -OCH3 is 2. The molecule has 4 rings (SSSR count). The lowest BCUT2D eigenvalue weighted by Crippen LogP contribution is -1.95. The van der Waals surface area contributed by atoms with Gasteiger partial charge >= 0.3 is 0 Å². The van der Waals surface area contributed by atoms with Gasteiger partial charge in [-0.05, 0) is 40.3 Å². The molecule has 124 valence electrons. The smallest absolute Gasteiger partial charge is 0.130 e. The van der Waals surface area contributed by atoms with Crippen LogP contribution >= 0.6 is 0 Å². The van der Waals surface area contributed by atoms with Gasteiger partial charge in [0.2, 0.25) is 0 Å². The third-order valence-electron chi connectivity index (χ3n) is 4.72. The van der Waals surface area contributed by atoms with Crippen molar-refractivity contribution >= 4 is 11.1 Å². The normalized spacial score (nSPS) is 12.9. The molecule has 0 N–H and O–H groups in total. The number of hydrogen-bond donors (Lipinski definition) is 0. The highest BCUT2D eigenvalue weighted by atomic mass is 16.5. The molecule has 0 atom stereocenters. The Morgan fingerprint density at radius 2 is 1.36 bits per heavy atom. The molecule has 0 aromatic heterocycles. The molecule has 0 heterocycles. The zero-order valence-corrected chi connectivity index (χ0v) is 14.5. The first kappa shape index (κ1) is 15.5. The van der Waals surface area contributed by atoms with Gasteiger partial charge in [-0.3, -0.25) is 0 Å². The van der Waals surface area contributed by atoms with Crippen molar-refractivity contribution in [1.29, 1.82) is 0 Å². The second-order valence-electron chi connectivity index (χ2n) is 6.13. The highest BCUT2D eigenvalue weighted by molar-refractivity contribution is 6.05. The van der Waals surface area contributed by atoms with E-state index in [4.69, 9.17) is 9.47 Å². The first-order valence-electron chi connectivity index (χ1n) is 8.41. The lowest BCUT2D eigenvalue weighted by atomic mass is 9.94. The van der Waals surface area contributed by atoms with E-state index in [-0.39, 0.29) is 0 Å². The molecule has 2 nitrogen and oxygen atoms in total. The van der Waals surface area contributed by atoms with Gasteiger partial charge in [-0.2, -0.15) is 0 Å². The summed E-state index contributed by atoms with van der Waals surface area (Å²) in [4.78, 5) is 0. The Kier molecular flexibility index (Phi) is 4.02. The molecule has 1 aliphatic carbocycles. The van der Waals surface area contributed by atoms with Crippen molar-refractivity contribution in [2.24, 2.45) is 0 Å². The average molecular weight is 328 g/mol. The van der Waals surface area contributed by atoms with Crippen molar-refractivity contribution in [2.75, 3.05) is 14.2 Å². The van der Waals surface area contributed by atoms with Crippen molar-refractivity contribution in [2.45, 2.75) is 6.42 Å². The molecule has 0 saturated heterocycles. The summed E-state index contributed by atoms with van der Waals surface area (Å²) in [6.45, 7) is 0. The van der Waals surface area contributed by atoms with Crippen molar-refractivity contribution in [3.63, 3.8) is 0 Å². The average Bonchev–Trinajstić information content (AvgIpc) is 3.08. The lowest BCUT2D eigenvalue weighted by Gasteiger charge is -2.14. The number of benzene rings is 3. The van der Waals surface area contributed by atoms with Crippen LogP contribution in [0.15, 0.2) is 72.8 Å². The van der Waals surface area contributed by atoms with E-state index in [0.29, 0.717) is 0 Å². The Balaban J connectivity index is 1.99. The first-order valence-corrected chi connectivity index (χ1v) is 8.41. The summed E-state index contributed by atoms with van der Waals surface area (Å²) in [6.07, 6.45) is 0.872. The predicted octanol–water partition coefficient (Wildman–Crippen LogP) is 5.22. The van der Waals surface area contributed by atoms with Gasteiger partial charge in [0, 0.05) is 11.6 Å². The fraction of sp³-hybridized carbons (Fsp3) is 0.130. The number of rotatable bonds is 4. The molecule has 0 spiro atoms. The fourth-order valence-corrected chi connectivity index (χ4v) is 3.59. The van der Waals surface area contributed by atoms with Crippen LogP contribution in [-0.4, -0.2) is 14.2 Å². The summed E-state index contributed by atoms with van der Waals surface area (Å²) in [5.41, 5.74) is 7.46. The van der Waals surface area contributed by atoms with Crippen LogP contribution < -0.4 is 9.47 Å². The van der Waals surface area contributed by atoms with E-state index >= 15 is 0 Å². The van der Waals surface area contributed by atoms with Crippen LogP contribution in [0.5, 0.6) is 11.5 Å². The third-order valence-corrected chi connectivity index (χ3v) is 4.72. The van der Waals surface area contributed by atoms with Crippen molar-refractivity contribution < 1.29 is 9.47 Å². The van der Waals surface area contributed by atoms with Gasteiger partial charge in [-0.25, -0.2) is 0 Å². The second kappa shape index (κ2) is 6.48. The zero-order chi connectivity index (χ0) is 17.2. The van der Waals surface area contributed by atoms with E-state index < -0.39 is 0 Å². The highest BCUT2D eigenvalue weighted by Gasteiger charge is 2.27. The molecular formula is C23H20O2. The molecule has 3 aromatic carbocycles. The van der Waals surface area contributed by atoms with Gasteiger partial charge < -0.3 is 9.47 Å². The van der Waals surface area contributed by atoms with E-state index in [0.717, 1.165) is 17.9 Å². The summed E-state index contributed by atoms with van der Waals surface area (Å²) in [5.74, 6) is 1.69. The molecule has 0 bridgehead atoms. The number of fused-ring (bicyclic) bond motifs is 1. The van der Waals surface area contributed by atoms with E-state index in [1.54, 1.807) is 14.2 Å². The minimum absolute atomic E-state index is 0.831. The quantitative estimate of drug-likeness (QED) is 0.654. The predicted molar refractivity (Wildman–Crippen MR) is 102 cm³/mol. The molecule has 25 heavy (non-hydrogen) atoms. The van der Waals surface area contributed by atoms with Crippen LogP contribution in [0.25, 0.3) is 11.1 Å². The Hall–Kier alpha value is -3.00. The van der Waals surface area contributed by atoms with Crippen molar-refractivity contribution in [1.82, 2.24) is 0 Å². The van der Waals surface area contributed by atoms with Crippen LogP contribution in [-0.2, 0) is 6.42 Å². The minimum Gasteiger partial charge on any atom is -0.497 e. The summed E-state index contributed by atoms with van der Waals surface area (Å²) in [6, 6.07) is 25.2. The largest absolute Gasteiger partial charge is 0.497 e. The van der Waals surface area contributed by atoms with Crippen LogP contribution in [0.3, 0.4) is 0 Å². The van der Waals surface area contributed by atoms with Gasteiger partial charge in [0.15, 0.2) is 0 Å². The minimum atomic E-state index is 0.831. The van der Waals surface area contributed by atoms with Crippen molar-refractivity contribution in [3.05, 3.63) is 95.1 Å². The molecule has 0 amide bonds. The van der Waals surface area contributed by atoms with E-state index in [9.17, 15) is 0 Å². The number of ether oxygens (including phenoxy) is 2. The van der Waals surface area contributed by atoms with Crippen LogP contribution in [0, 0.1) is 0 Å². The van der Waals surface area contributed by atoms with Crippen molar-refractivity contribution in [3.8, 4) is 11.5 Å². The van der Waals surface area contributed by atoms with E-state index in [1.165, 1.54) is 33.4 Å². The van der Waals surface area contributed by atoms with E-state index in [2.05, 4.69) is 60.7 Å². The van der Waals surface area contributed by atoms with Crippen LogP contribution in [0.2, 0.25) is 0 Å². The topological polar surface area (TPSA) is 18.5 Å². The van der Waals surface area contributed by atoms with Crippen LogP contribution in [0.1, 0.15) is 22.3 Å². The molecule has 0 saturated carbocycles. The summed E-state index contributed by atoms with van der Waals surface area (Å²) >= 11 is 0. The first-order chi connectivity index (χ1) is 12.3. The summed E-state index contributed by atoms with van der Waals surface area (Å²) in [7, 11) is 3.41. The SMILES string of the molecule is COc1cc2c(c(OC)c1)C(c1ccccc1)=C(c1ccccc1)C2. The van der Waals surface area contributed by atoms with Crippen LogP contribution in [0.4, 0.5) is 0 Å². The van der Waals surface area contributed by atoms with E-state index in [1.807, 2.05) is 12.1 Å². The monoisotopic (exact) mass is 328 g/mol. The van der Waals surface area contributed by atoms with Gasteiger partial charge in [0.05, 0.1) is 14.2 Å². The zero-order valence-electron chi connectivity index (χ0n) is 14.5. The Morgan fingerprint density at radius 3 is 1.96 bits per heavy atom. The number of allylic oxidation sites excluding steroid dienone is 1. The molecule has 0 fully saturated rings. The fourth-order valence-electron chi connectivity index (χ4n) is 3.59. The van der Waals surface area contributed by atoms with Gasteiger partial charge in [0.25, 0.3) is 0 Å². The Morgan fingerprint density at radius 1 is 0.720 bits per heavy atom. The molecule has 0 radical (unpaired) electrons. The maximum atomic E-state index is 5.72. The lowest BCUT2D eigenvalue weighted by molar-refractivity contribution is 0.393. The molecular weight excluding hydrogens is 308 g/mol.